The van der Waals surface area contributed by atoms with Crippen molar-refractivity contribution in [2.45, 2.75) is 25.9 Å². The molecule has 4 heterocycles. The van der Waals surface area contributed by atoms with Crippen LogP contribution in [0.25, 0.3) is 11.5 Å². The largest absolute Gasteiger partial charge is 0.472 e. The van der Waals surface area contributed by atoms with Gasteiger partial charge in [-0.05, 0) is 31.9 Å². The van der Waals surface area contributed by atoms with E-state index in [2.05, 4.69) is 15.1 Å². The Balaban J connectivity index is 1.43. The smallest absolute Gasteiger partial charge is 0.276 e. The van der Waals surface area contributed by atoms with Crippen LogP contribution in [0.15, 0.2) is 45.7 Å². The third kappa shape index (κ3) is 3.44. The Hall–Kier alpha value is -3.16. The first-order chi connectivity index (χ1) is 12.7. The summed E-state index contributed by atoms with van der Waals surface area (Å²) in [7, 11) is 0. The van der Waals surface area contributed by atoms with Crippen LogP contribution in [0.3, 0.4) is 0 Å². The van der Waals surface area contributed by atoms with E-state index in [1.165, 1.54) is 0 Å². The molecule has 1 saturated heterocycles. The fraction of sp³-hybridized carbons (Fsp3) is 0.333. The number of aryl methyl sites for hydroxylation is 1. The van der Waals surface area contributed by atoms with E-state index in [0.717, 1.165) is 12.8 Å². The van der Waals surface area contributed by atoms with E-state index in [-0.39, 0.29) is 17.7 Å². The van der Waals surface area contributed by atoms with Gasteiger partial charge in [-0.15, -0.1) is 0 Å². The lowest BCUT2D eigenvalue weighted by atomic mass is 10.1. The first-order valence-corrected chi connectivity index (χ1v) is 8.45. The summed E-state index contributed by atoms with van der Waals surface area (Å²) in [6.07, 6.45) is 4.81. The van der Waals surface area contributed by atoms with Crippen LogP contribution in [0.1, 0.15) is 29.2 Å². The standard InChI is InChI=1S/C18H18N4O4/c1-12-19-7-6-17(20-12)25-13-4-2-8-22(11-13)18(23)14-10-16(26-21-14)15-5-3-9-24-15/h3,5-7,9-10,13H,2,4,8,11H2,1H3. The third-order valence-corrected chi connectivity index (χ3v) is 4.20. The summed E-state index contributed by atoms with van der Waals surface area (Å²) in [5.41, 5.74) is 0.259. The number of aromatic nitrogens is 3. The fourth-order valence-corrected chi connectivity index (χ4v) is 2.96. The second kappa shape index (κ2) is 6.99. The maximum atomic E-state index is 12.7. The number of hydrogen-bond acceptors (Lipinski definition) is 7. The summed E-state index contributed by atoms with van der Waals surface area (Å²) >= 11 is 0. The van der Waals surface area contributed by atoms with Gasteiger partial charge in [0.1, 0.15) is 11.9 Å². The number of ether oxygens (including phenoxy) is 1. The molecule has 4 rings (SSSR count). The third-order valence-electron chi connectivity index (χ3n) is 4.20. The molecule has 0 aliphatic carbocycles. The van der Waals surface area contributed by atoms with E-state index >= 15 is 0 Å². The molecule has 3 aromatic rings. The quantitative estimate of drug-likeness (QED) is 0.711. The van der Waals surface area contributed by atoms with Crippen LogP contribution in [0, 0.1) is 6.92 Å². The number of piperidine rings is 1. The SMILES string of the molecule is Cc1nccc(OC2CCCN(C(=O)c3cc(-c4ccco4)on3)C2)n1. The number of nitrogens with zero attached hydrogens (tertiary/aromatic N) is 4. The molecule has 0 bridgehead atoms. The van der Waals surface area contributed by atoms with E-state index in [9.17, 15) is 4.79 Å². The Kier molecular flexibility index (Phi) is 4.39. The van der Waals surface area contributed by atoms with Gasteiger partial charge in [-0.1, -0.05) is 5.16 Å². The highest BCUT2D eigenvalue weighted by molar-refractivity contribution is 5.93. The van der Waals surface area contributed by atoms with Gasteiger partial charge in [0.25, 0.3) is 5.91 Å². The molecule has 1 amide bonds. The van der Waals surface area contributed by atoms with Crippen molar-refractivity contribution in [1.82, 2.24) is 20.0 Å². The lowest BCUT2D eigenvalue weighted by Crippen LogP contribution is -2.44. The molecule has 26 heavy (non-hydrogen) atoms. The Morgan fingerprint density at radius 3 is 3.08 bits per heavy atom. The van der Waals surface area contributed by atoms with Crippen LogP contribution in [-0.2, 0) is 0 Å². The lowest BCUT2D eigenvalue weighted by molar-refractivity contribution is 0.0518. The van der Waals surface area contributed by atoms with Gasteiger partial charge in [0.2, 0.25) is 11.6 Å². The number of furan rings is 1. The number of hydrogen-bond donors (Lipinski definition) is 0. The normalized spacial score (nSPS) is 17.3. The maximum Gasteiger partial charge on any atom is 0.276 e. The predicted molar refractivity (Wildman–Crippen MR) is 90.5 cm³/mol. The van der Waals surface area contributed by atoms with Crippen LogP contribution in [-0.4, -0.2) is 45.1 Å². The Morgan fingerprint density at radius 1 is 1.35 bits per heavy atom. The van der Waals surface area contributed by atoms with Crippen molar-refractivity contribution in [3.05, 3.63) is 48.2 Å². The highest BCUT2D eigenvalue weighted by Gasteiger charge is 2.28. The zero-order chi connectivity index (χ0) is 17.9. The van der Waals surface area contributed by atoms with Crippen molar-refractivity contribution < 1.29 is 18.5 Å². The van der Waals surface area contributed by atoms with Crippen molar-refractivity contribution >= 4 is 5.91 Å². The van der Waals surface area contributed by atoms with Gasteiger partial charge in [0.15, 0.2) is 11.5 Å². The van der Waals surface area contributed by atoms with Gasteiger partial charge in [0, 0.05) is 24.9 Å². The first-order valence-electron chi connectivity index (χ1n) is 8.45. The molecule has 1 aliphatic rings. The Bertz CT molecular complexity index is 890. The van der Waals surface area contributed by atoms with E-state index in [0.29, 0.717) is 36.3 Å². The van der Waals surface area contributed by atoms with Crippen molar-refractivity contribution in [3.63, 3.8) is 0 Å². The predicted octanol–water partition coefficient (Wildman–Crippen LogP) is 2.72. The summed E-state index contributed by atoms with van der Waals surface area (Å²) in [4.78, 5) is 22.8. The number of rotatable bonds is 4. The van der Waals surface area contributed by atoms with Crippen molar-refractivity contribution in [1.29, 1.82) is 0 Å². The van der Waals surface area contributed by atoms with Gasteiger partial charge in [0.05, 0.1) is 12.8 Å². The molecular formula is C18H18N4O4. The molecule has 0 N–H and O–H groups in total. The van der Waals surface area contributed by atoms with E-state index in [1.54, 1.807) is 41.6 Å². The van der Waals surface area contributed by atoms with E-state index < -0.39 is 0 Å². The van der Waals surface area contributed by atoms with Gasteiger partial charge >= 0.3 is 0 Å². The summed E-state index contributed by atoms with van der Waals surface area (Å²) in [6, 6.07) is 6.82. The lowest BCUT2D eigenvalue weighted by Gasteiger charge is -2.32. The molecule has 134 valence electrons. The van der Waals surface area contributed by atoms with Gasteiger partial charge in [-0.3, -0.25) is 4.79 Å². The van der Waals surface area contributed by atoms with Crippen molar-refractivity contribution in [2.75, 3.05) is 13.1 Å². The second-order valence-electron chi connectivity index (χ2n) is 6.13. The van der Waals surface area contributed by atoms with E-state index in [1.807, 2.05) is 6.92 Å². The number of amides is 1. The molecule has 1 atom stereocenters. The zero-order valence-corrected chi connectivity index (χ0v) is 14.3. The Morgan fingerprint density at radius 2 is 2.27 bits per heavy atom. The molecule has 8 nitrogen and oxygen atoms in total. The number of carbonyl (C=O) groups is 1. The van der Waals surface area contributed by atoms with E-state index in [4.69, 9.17) is 13.7 Å². The van der Waals surface area contributed by atoms with Crippen LogP contribution in [0.2, 0.25) is 0 Å². The highest BCUT2D eigenvalue weighted by atomic mass is 16.5. The molecule has 1 fully saturated rings. The first kappa shape index (κ1) is 16.3. The number of likely N-dealkylation sites (tertiary alicyclic amines) is 1. The summed E-state index contributed by atoms with van der Waals surface area (Å²) < 4.78 is 16.4. The fourth-order valence-electron chi connectivity index (χ4n) is 2.96. The van der Waals surface area contributed by atoms with Crippen LogP contribution in [0.5, 0.6) is 5.88 Å². The summed E-state index contributed by atoms with van der Waals surface area (Å²) in [6.45, 7) is 2.94. The minimum absolute atomic E-state index is 0.113. The molecule has 3 aromatic heterocycles. The molecule has 8 heteroatoms. The molecule has 1 unspecified atom stereocenters. The summed E-state index contributed by atoms with van der Waals surface area (Å²) in [5, 5.41) is 3.88. The highest BCUT2D eigenvalue weighted by Crippen LogP contribution is 2.23. The van der Waals surface area contributed by atoms with Crippen molar-refractivity contribution in [3.8, 4) is 17.4 Å². The molecule has 1 aliphatic heterocycles. The number of carbonyl (C=O) groups excluding carboxylic acids is 1. The average Bonchev–Trinajstić information content (AvgIpc) is 3.33. The second-order valence-corrected chi connectivity index (χ2v) is 6.13. The summed E-state index contributed by atoms with van der Waals surface area (Å²) in [5.74, 6) is 1.96. The molecular weight excluding hydrogens is 336 g/mol. The van der Waals surface area contributed by atoms with Gasteiger partial charge in [-0.2, -0.15) is 4.98 Å². The minimum Gasteiger partial charge on any atom is -0.472 e. The molecule has 0 spiro atoms. The molecule has 0 aromatic carbocycles. The maximum absolute atomic E-state index is 12.7. The van der Waals surface area contributed by atoms with Crippen LogP contribution < -0.4 is 4.74 Å². The van der Waals surface area contributed by atoms with Gasteiger partial charge < -0.3 is 18.6 Å². The minimum atomic E-state index is -0.182. The zero-order valence-electron chi connectivity index (χ0n) is 14.3. The van der Waals surface area contributed by atoms with Crippen LogP contribution >= 0.6 is 0 Å². The van der Waals surface area contributed by atoms with Gasteiger partial charge in [-0.25, -0.2) is 4.98 Å². The van der Waals surface area contributed by atoms with Crippen molar-refractivity contribution in [2.24, 2.45) is 0 Å². The Labute approximate surface area is 149 Å². The molecule has 0 radical (unpaired) electrons. The average molecular weight is 354 g/mol. The van der Waals surface area contributed by atoms with Crippen LogP contribution in [0.4, 0.5) is 0 Å². The molecule has 0 saturated carbocycles. The monoisotopic (exact) mass is 354 g/mol. The topological polar surface area (TPSA) is 94.5 Å².